The Balaban J connectivity index is 1.44. The van der Waals surface area contributed by atoms with Crippen LogP contribution in [-0.4, -0.2) is 47.0 Å². The Bertz CT molecular complexity index is 940. The number of carbonyl (C=O) groups excluding carboxylic acids is 1. The van der Waals surface area contributed by atoms with Gasteiger partial charge in [-0.3, -0.25) is 4.79 Å². The average Bonchev–Trinajstić information content (AvgIpc) is 3.66. The van der Waals surface area contributed by atoms with Gasteiger partial charge >= 0.3 is 0 Å². The first-order valence-corrected chi connectivity index (χ1v) is 11.6. The summed E-state index contributed by atoms with van der Waals surface area (Å²) >= 11 is 0. The summed E-state index contributed by atoms with van der Waals surface area (Å²) in [6, 6.07) is 8.76. The molecule has 0 radical (unpaired) electrons. The number of hydrogen-bond acceptors (Lipinski definition) is 4. The second-order valence-corrected chi connectivity index (χ2v) is 9.21. The summed E-state index contributed by atoms with van der Waals surface area (Å²) in [7, 11) is 0. The van der Waals surface area contributed by atoms with Crippen molar-refractivity contribution in [3.63, 3.8) is 0 Å². The highest BCUT2D eigenvalue weighted by molar-refractivity contribution is 5.81. The van der Waals surface area contributed by atoms with Crippen molar-refractivity contribution in [2.24, 2.45) is 5.92 Å². The van der Waals surface area contributed by atoms with Gasteiger partial charge < -0.3 is 9.80 Å². The molecule has 0 N–H and O–H groups in total. The molecule has 0 bridgehead atoms. The van der Waals surface area contributed by atoms with Gasteiger partial charge in [0.25, 0.3) is 0 Å². The van der Waals surface area contributed by atoms with E-state index in [2.05, 4.69) is 47.9 Å². The molecule has 2 saturated carbocycles. The highest BCUT2D eigenvalue weighted by Crippen LogP contribution is 2.40. The summed E-state index contributed by atoms with van der Waals surface area (Å²) in [6.07, 6.45) is 6.38. The van der Waals surface area contributed by atoms with Crippen LogP contribution in [0.25, 0.3) is 0 Å². The normalized spacial score (nSPS) is 19.3. The van der Waals surface area contributed by atoms with Crippen molar-refractivity contribution in [1.82, 2.24) is 14.9 Å². The maximum atomic E-state index is 12.5. The zero-order valence-electron chi connectivity index (χ0n) is 18.2. The molecule has 2 heterocycles. The Hall–Kier alpha value is -2.43. The van der Waals surface area contributed by atoms with Crippen LogP contribution in [0.3, 0.4) is 0 Å². The summed E-state index contributed by atoms with van der Waals surface area (Å²) in [5.74, 6) is 3.36. The summed E-state index contributed by atoms with van der Waals surface area (Å²) in [5, 5.41) is 0. The number of piperazine rings is 1. The molecule has 5 rings (SSSR count). The number of rotatable bonds is 6. The predicted octanol–water partition coefficient (Wildman–Crippen LogP) is 3.87. The molecule has 5 heteroatoms. The van der Waals surface area contributed by atoms with E-state index in [1.54, 1.807) is 0 Å². The molecule has 158 valence electrons. The van der Waals surface area contributed by atoms with E-state index in [0.717, 1.165) is 63.5 Å². The highest BCUT2D eigenvalue weighted by Gasteiger charge is 2.35. The first-order chi connectivity index (χ1) is 14.6. The van der Waals surface area contributed by atoms with Gasteiger partial charge in [0, 0.05) is 55.7 Å². The number of aromatic nitrogens is 2. The number of carbonyl (C=O) groups is 1. The molecule has 0 spiro atoms. The lowest BCUT2D eigenvalue weighted by Crippen LogP contribution is -2.49. The van der Waals surface area contributed by atoms with E-state index in [1.165, 1.54) is 35.2 Å². The van der Waals surface area contributed by atoms with Crippen molar-refractivity contribution >= 4 is 11.7 Å². The second-order valence-electron chi connectivity index (χ2n) is 9.21. The fourth-order valence-electron chi connectivity index (χ4n) is 4.55. The molecule has 3 fully saturated rings. The molecular formula is C25H32N4O. The first kappa shape index (κ1) is 19.5. The Morgan fingerprint density at radius 1 is 1.07 bits per heavy atom. The number of hydrogen-bond donors (Lipinski definition) is 0. The van der Waals surface area contributed by atoms with E-state index in [0.29, 0.717) is 17.7 Å². The largest absolute Gasteiger partial charge is 0.353 e. The average molecular weight is 405 g/mol. The van der Waals surface area contributed by atoms with Crippen LogP contribution in [0.5, 0.6) is 0 Å². The summed E-state index contributed by atoms with van der Waals surface area (Å²) in [6.45, 7) is 7.70. The fourth-order valence-corrected chi connectivity index (χ4v) is 4.55. The van der Waals surface area contributed by atoms with Gasteiger partial charge in [-0.1, -0.05) is 36.8 Å². The molecule has 1 aromatic carbocycles. The van der Waals surface area contributed by atoms with Crippen molar-refractivity contribution < 1.29 is 4.79 Å². The van der Waals surface area contributed by atoms with Gasteiger partial charge in [-0.05, 0) is 44.6 Å². The van der Waals surface area contributed by atoms with Gasteiger partial charge in [0.1, 0.15) is 11.6 Å². The smallest absolute Gasteiger partial charge is 0.225 e. The van der Waals surface area contributed by atoms with E-state index in [1.807, 2.05) is 0 Å². The second kappa shape index (κ2) is 8.01. The Kier molecular flexibility index (Phi) is 5.21. The lowest BCUT2D eigenvalue weighted by molar-refractivity contribution is -0.132. The third-order valence-electron chi connectivity index (χ3n) is 6.65. The van der Waals surface area contributed by atoms with Crippen molar-refractivity contribution in [3.8, 4) is 0 Å². The molecule has 1 aromatic heterocycles. The van der Waals surface area contributed by atoms with E-state index in [-0.39, 0.29) is 0 Å². The van der Waals surface area contributed by atoms with Gasteiger partial charge in [0.15, 0.2) is 0 Å². The third-order valence-corrected chi connectivity index (χ3v) is 6.65. The van der Waals surface area contributed by atoms with Crippen molar-refractivity contribution in [1.29, 1.82) is 0 Å². The molecule has 3 aliphatic rings. The minimum atomic E-state index is 0.306. The SMILES string of the molecule is CCc1nc(C2CC2)nc(N2CCN(C(=O)C3CC3)CC2)c1Cc1cccc(C)c1. The van der Waals surface area contributed by atoms with Crippen LogP contribution in [-0.2, 0) is 17.6 Å². The van der Waals surface area contributed by atoms with Crippen molar-refractivity contribution in [2.75, 3.05) is 31.1 Å². The van der Waals surface area contributed by atoms with Crippen LogP contribution < -0.4 is 4.90 Å². The number of nitrogens with zero attached hydrogens (tertiary/aromatic N) is 4. The predicted molar refractivity (Wildman–Crippen MR) is 119 cm³/mol. The minimum absolute atomic E-state index is 0.306. The molecule has 2 aliphatic carbocycles. The maximum absolute atomic E-state index is 12.5. The lowest BCUT2D eigenvalue weighted by Gasteiger charge is -2.37. The van der Waals surface area contributed by atoms with Crippen LogP contribution in [0.15, 0.2) is 24.3 Å². The summed E-state index contributed by atoms with van der Waals surface area (Å²) in [5.41, 5.74) is 5.07. The van der Waals surface area contributed by atoms with Gasteiger partial charge in [-0.2, -0.15) is 0 Å². The quantitative estimate of drug-likeness (QED) is 0.733. The summed E-state index contributed by atoms with van der Waals surface area (Å²) < 4.78 is 0. The Labute approximate surface area is 179 Å². The minimum Gasteiger partial charge on any atom is -0.353 e. The number of anilines is 1. The van der Waals surface area contributed by atoms with Crippen LogP contribution in [0, 0.1) is 12.8 Å². The molecule has 1 amide bonds. The molecule has 0 atom stereocenters. The molecule has 1 aliphatic heterocycles. The van der Waals surface area contributed by atoms with E-state index in [4.69, 9.17) is 9.97 Å². The molecule has 5 nitrogen and oxygen atoms in total. The van der Waals surface area contributed by atoms with Crippen molar-refractivity contribution in [3.05, 3.63) is 52.5 Å². The fraction of sp³-hybridized carbons (Fsp3) is 0.560. The third kappa shape index (κ3) is 4.07. The number of aryl methyl sites for hydroxylation is 2. The Morgan fingerprint density at radius 2 is 1.83 bits per heavy atom. The standard InChI is InChI=1S/C25H32N4O/c1-3-22-21(16-18-6-4-5-17(2)15-18)24(27-23(26-22)19-7-8-19)28-11-13-29(14-12-28)25(30)20-9-10-20/h4-6,15,19-20H,3,7-14,16H2,1-2H3. The maximum Gasteiger partial charge on any atom is 0.225 e. The molecule has 30 heavy (non-hydrogen) atoms. The van der Waals surface area contributed by atoms with Gasteiger partial charge in [0.05, 0.1) is 0 Å². The molecular weight excluding hydrogens is 372 g/mol. The van der Waals surface area contributed by atoms with Crippen LogP contribution in [0.4, 0.5) is 5.82 Å². The first-order valence-electron chi connectivity index (χ1n) is 11.6. The summed E-state index contributed by atoms with van der Waals surface area (Å²) in [4.78, 5) is 27.1. The highest BCUT2D eigenvalue weighted by atomic mass is 16.2. The van der Waals surface area contributed by atoms with E-state index in [9.17, 15) is 4.79 Å². The zero-order chi connectivity index (χ0) is 20.7. The van der Waals surface area contributed by atoms with Crippen LogP contribution in [0.1, 0.15) is 66.7 Å². The van der Waals surface area contributed by atoms with Gasteiger partial charge in [-0.15, -0.1) is 0 Å². The Morgan fingerprint density at radius 3 is 2.47 bits per heavy atom. The molecule has 2 aromatic rings. The van der Waals surface area contributed by atoms with Crippen LogP contribution >= 0.6 is 0 Å². The van der Waals surface area contributed by atoms with Gasteiger partial charge in [-0.25, -0.2) is 9.97 Å². The molecule has 0 unspecified atom stereocenters. The van der Waals surface area contributed by atoms with E-state index >= 15 is 0 Å². The lowest BCUT2D eigenvalue weighted by atomic mass is 10.00. The van der Waals surface area contributed by atoms with Gasteiger partial charge in [0.2, 0.25) is 5.91 Å². The van der Waals surface area contributed by atoms with E-state index < -0.39 is 0 Å². The zero-order valence-corrected chi connectivity index (χ0v) is 18.2. The van der Waals surface area contributed by atoms with Crippen LogP contribution in [0.2, 0.25) is 0 Å². The van der Waals surface area contributed by atoms with Crippen molar-refractivity contribution in [2.45, 2.75) is 58.3 Å². The number of benzene rings is 1. The molecule has 1 saturated heterocycles. The number of amides is 1. The topological polar surface area (TPSA) is 49.3 Å². The monoisotopic (exact) mass is 404 g/mol.